The summed E-state index contributed by atoms with van der Waals surface area (Å²) >= 11 is 0. The van der Waals surface area contributed by atoms with E-state index in [1.807, 2.05) is 18.2 Å². The summed E-state index contributed by atoms with van der Waals surface area (Å²) in [6, 6.07) is 10.2. The van der Waals surface area contributed by atoms with Gasteiger partial charge in [0.15, 0.2) is 15.8 Å². The Kier molecular flexibility index (Phi) is 10.4. The van der Waals surface area contributed by atoms with E-state index in [0.717, 1.165) is 26.0 Å². The maximum atomic E-state index is 11.5. The maximum absolute atomic E-state index is 11.5. The van der Waals surface area contributed by atoms with E-state index in [1.165, 1.54) is 5.56 Å². The van der Waals surface area contributed by atoms with Crippen LogP contribution in [-0.4, -0.2) is 58.7 Å². The SMILES string of the molecule is CN=C(NCCCOCCc1ccccc1)NC1CCS(=O)(=O)C1.I. The number of rotatable bonds is 8. The number of nitrogens with zero attached hydrogens (tertiary/aromatic N) is 1. The van der Waals surface area contributed by atoms with Crippen LogP contribution < -0.4 is 10.6 Å². The molecule has 142 valence electrons. The van der Waals surface area contributed by atoms with Crippen molar-refractivity contribution in [3.8, 4) is 0 Å². The highest BCUT2D eigenvalue weighted by Crippen LogP contribution is 2.10. The average Bonchev–Trinajstić information content (AvgIpc) is 2.92. The third-order valence-electron chi connectivity index (χ3n) is 3.93. The van der Waals surface area contributed by atoms with Gasteiger partial charge in [0.25, 0.3) is 0 Å². The van der Waals surface area contributed by atoms with Crippen LogP contribution in [0.3, 0.4) is 0 Å². The molecule has 0 amide bonds. The van der Waals surface area contributed by atoms with Crippen LogP contribution >= 0.6 is 24.0 Å². The minimum absolute atomic E-state index is 0. The van der Waals surface area contributed by atoms with Crippen molar-refractivity contribution in [2.45, 2.75) is 25.3 Å². The maximum Gasteiger partial charge on any atom is 0.191 e. The molecule has 1 unspecified atom stereocenters. The zero-order valence-corrected chi connectivity index (χ0v) is 17.8. The third-order valence-corrected chi connectivity index (χ3v) is 5.70. The molecule has 8 heteroatoms. The summed E-state index contributed by atoms with van der Waals surface area (Å²) in [5, 5.41) is 6.36. The minimum Gasteiger partial charge on any atom is -0.381 e. The number of ether oxygens (including phenoxy) is 1. The van der Waals surface area contributed by atoms with Crippen molar-refractivity contribution in [3.63, 3.8) is 0 Å². The smallest absolute Gasteiger partial charge is 0.191 e. The van der Waals surface area contributed by atoms with Gasteiger partial charge in [-0.25, -0.2) is 8.42 Å². The fraction of sp³-hybridized carbons (Fsp3) is 0.588. The normalized spacial score (nSPS) is 19.2. The Morgan fingerprint density at radius 1 is 1.28 bits per heavy atom. The van der Waals surface area contributed by atoms with E-state index in [2.05, 4.69) is 27.8 Å². The fourth-order valence-electron chi connectivity index (χ4n) is 2.61. The third kappa shape index (κ3) is 8.87. The van der Waals surface area contributed by atoms with E-state index in [9.17, 15) is 8.42 Å². The summed E-state index contributed by atoms with van der Waals surface area (Å²) in [6.45, 7) is 2.15. The van der Waals surface area contributed by atoms with E-state index in [-0.39, 0.29) is 41.5 Å². The van der Waals surface area contributed by atoms with Crippen molar-refractivity contribution in [1.29, 1.82) is 0 Å². The quantitative estimate of drug-likeness (QED) is 0.255. The van der Waals surface area contributed by atoms with E-state index in [4.69, 9.17) is 4.74 Å². The molecule has 1 aliphatic heterocycles. The van der Waals surface area contributed by atoms with Gasteiger partial charge in [-0.15, -0.1) is 24.0 Å². The Morgan fingerprint density at radius 2 is 2.04 bits per heavy atom. The molecule has 2 N–H and O–H groups in total. The van der Waals surface area contributed by atoms with Crippen LogP contribution in [0.25, 0.3) is 0 Å². The van der Waals surface area contributed by atoms with Gasteiger partial charge in [0.05, 0.1) is 18.1 Å². The summed E-state index contributed by atoms with van der Waals surface area (Å²) in [6.07, 6.45) is 2.44. The first-order valence-electron chi connectivity index (χ1n) is 8.38. The second kappa shape index (κ2) is 11.7. The summed E-state index contributed by atoms with van der Waals surface area (Å²) in [4.78, 5) is 4.13. The van der Waals surface area contributed by atoms with Crippen molar-refractivity contribution in [1.82, 2.24) is 10.6 Å². The molecule has 1 heterocycles. The molecule has 6 nitrogen and oxygen atoms in total. The van der Waals surface area contributed by atoms with Crippen LogP contribution in [0.5, 0.6) is 0 Å². The van der Waals surface area contributed by atoms with Crippen LogP contribution in [0.1, 0.15) is 18.4 Å². The van der Waals surface area contributed by atoms with Crippen molar-refractivity contribution >= 4 is 39.8 Å². The molecule has 0 saturated carbocycles. The van der Waals surface area contributed by atoms with Crippen molar-refractivity contribution in [2.75, 3.05) is 38.3 Å². The standard InChI is InChI=1S/C17H27N3O3S.HI/c1-18-17(20-16-9-13-24(21,22)14-16)19-10-5-11-23-12-8-15-6-3-2-4-7-15;/h2-4,6-7,16H,5,8-14H2,1H3,(H2,18,19,20);1H. The Bertz CT molecular complexity index is 623. The van der Waals surface area contributed by atoms with Gasteiger partial charge in [-0.3, -0.25) is 4.99 Å². The van der Waals surface area contributed by atoms with Crippen LogP contribution in [0.2, 0.25) is 0 Å². The first-order chi connectivity index (χ1) is 11.6. The Labute approximate surface area is 167 Å². The zero-order chi connectivity index (χ0) is 17.3. The molecule has 0 spiro atoms. The molecule has 1 saturated heterocycles. The van der Waals surface area contributed by atoms with Gasteiger partial charge in [-0.05, 0) is 24.8 Å². The van der Waals surface area contributed by atoms with Crippen LogP contribution in [0, 0.1) is 0 Å². The lowest BCUT2D eigenvalue weighted by Crippen LogP contribution is -2.44. The first-order valence-corrected chi connectivity index (χ1v) is 10.2. The Hall–Kier alpha value is -0.870. The van der Waals surface area contributed by atoms with Gasteiger partial charge < -0.3 is 15.4 Å². The lowest BCUT2D eigenvalue weighted by Gasteiger charge is -2.16. The minimum atomic E-state index is -2.87. The predicted octanol–water partition coefficient (Wildman–Crippen LogP) is 1.61. The molecule has 2 rings (SSSR count). The number of benzene rings is 1. The monoisotopic (exact) mass is 481 g/mol. The van der Waals surface area contributed by atoms with Crippen molar-refractivity contribution in [3.05, 3.63) is 35.9 Å². The lowest BCUT2D eigenvalue weighted by atomic mass is 10.2. The number of hydrogen-bond donors (Lipinski definition) is 2. The molecule has 1 aromatic rings. The molecular formula is C17H28IN3O3S. The van der Waals surface area contributed by atoms with Crippen LogP contribution in [-0.2, 0) is 21.0 Å². The molecular weight excluding hydrogens is 453 g/mol. The Morgan fingerprint density at radius 3 is 2.68 bits per heavy atom. The van der Waals surface area contributed by atoms with Gasteiger partial charge in [-0.1, -0.05) is 30.3 Å². The van der Waals surface area contributed by atoms with Crippen LogP contribution in [0.4, 0.5) is 0 Å². The van der Waals surface area contributed by atoms with E-state index >= 15 is 0 Å². The molecule has 1 atom stereocenters. The number of sulfone groups is 1. The molecule has 0 aliphatic carbocycles. The molecule has 0 radical (unpaired) electrons. The number of guanidine groups is 1. The highest BCUT2D eigenvalue weighted by Gasteiger charge is 2.28. The van der Waals surface area contributed by atoms with Crippen molar-refractivity contribution in [2.24, 2.45) is 4.99 Å². The van der Waals surface area contributed by atoms with Crippen LogP contribution in [0.15, 0.2) is 35.3 Å². The van der Waals surface area contributed by atoms with Gasteiger partial charge in [-0.2, -0.15) is 0 Å². The van der Waals surface area contributed by atoms with Crippen molar-refractivity contribution < 1.29 is 13.2 Å². The van der Waals surface area contributed by atoms with Gasteiger partial charge in [0.2, 0.25) is 0 Å². The number of halogens is 1. The number of nitrogens with one attached hydrogen (secondary N) is 2. The molecule has 0 bridgehead atoms. The first kappa shape index (κ1) is 22.2. The topological polar surface area (TPSA) is 79.8 Å². The molecule has 25 heavy (non-hydrogen) atoms. The number of hydrogen-bond acceptors (Lipinski definition) is 4. The van der Waals surface area contributed by atoms with E-state index in [1.54, 1.807) is 7.05 Å². The molecule has 1 aliphatic rings. The summed E-state index contributed by atoms with van der Waals surface area (Å²) in [5.74, 6) is 1.11. The molecule has 0 aromatic heterocycles. The summed E-state index contributed by atoms with van der Waals surface area (Å²) in [7, 11) is -1.18. The van der Waals surface area contributed by atoms with Gasteiger partial charge in [0, 0.05) is 26.2 Å². The average molecular weight is 481 g/mol. The molecule has 1 aromatic carbocycles. The fourth-order valence-corrected chi connectivity index (χ4v) is 4.29. The largest absolute Gasteiger partial charge is 0.381 e. The lowest BCUT2D eigenvalue weighted by molar-refractivity contribution is 0.135. The summed E-state index contributed by atoms with van der Waals surface area (Å²) < 4.78 is 28.5. The van der Waals surface area contributed by atoms with E-state index < -0.39 is 9.84 Å². The summed E-state index contributed by atoms with van der Waals surface area (Å²) in [5.41, 5.74) is 1.28. The highest BCUT2D eigenvalue weighted by atomic mass is 127. The van der Waals surface area contributed by atoms with Gasteiger partial charge in [0.1, 0.15) is 0 Å². The highest BCUT2D eigenvalue weighted by molar-refractivity contribution is 14.0. The van der Waals surface area contributed by atoms with E-state index in [0.29, 0.717) is 19.0 Å². The second-order valence-corrected chi connectivity index (χ2v) is 8.17. The van der Waals surface area contributed by atoms with Gasteiger partial charge >= 0.3 is 0 Å². The number of aliphatic imine (C=N–C) groups is 1. The predicted molar refractivity (Wildman–Crippen MR) is 113 cm³/mol. The Balaban J connectivity index is 0.00000312. The zero-order valence-electron chi connectivity index (χ0n) is 14.6. The second-order valence-electron chi connectivity index (χ2n) is 5.94. The molecule has 1 fully saturated rings.